The number of halogens is 3. The Kier molecular flexibility index (Phi) is 11.5. The van der Waals surface area contributed by atoms with E-state index in [2.05, 4.69) is 25.9 Å². The van der Waals surface area contributed by atoms with E-state index in [9.17, 15) is 14.0 Å². The van der Waals surface area contributed by atoms with E-state index in [4.69, 9.17) is 33.7 Å². The van der Waals surface area contributed by atoms with E-state index in [1.165, 1.54) is 12.1 Å². The second-order valence-electron chi connectivity index (χ2n) is 9.99. The first-order valence-corrected chi connectivity index (χ1v) is 13.3. The Bertz CT molecular complexity index is 1040. The molecule has 2 aromatic rings. The van der Waals surface area contributed by atoms with E-state index in [0.29, 0.717) is 18.0 Å². The van der Waals surface area contributed by atoms with Crippen molar-refractivity contribution >= 4 is 72.2 Å². The number of nitrogens with zero attached hydrogens (tertiary/aromatic N) is 1. The molecule has 0 spiro atoms. The van der Waals surface area contributed by atoms with Gasteiger partial charge >= 0.3 is 5.97 Å². The molecule has 0 aliphatic rings. The lowest BCUT2D eigenvalue weighted by Crippen LogP contribution is -2.65. The molecule has 1 amide bonds. The van der Waals surface area contributed by atoms with Crippen molar-refractivity contribution < 1.29 is 18.7 Å². The first-order valence-electron chi connectivity index (χ1n) is 12.4. The predicted octanol–water partition coefficient (Wildman–Crippen LogP) is -0.890. The molecule has 0 heterocycles. The van der Waals surface area contributed by atoms with Gasteiger partial charge in [-0.1, -0.05) is 24.3 Å². The lowest BCUT2D eigenvalue weighted by molar-refractivity contribution is -0.147. The maximum atomic E-state index is 13.3. The van der Waals surface area contributed by atoms with Gasteiger partial charge in [-0.25, -0.2) is 9.18 Å². The highest BCUT2D eigenvalue weighted by Gasteiger charge is 2.39. The number of carbonyl (C=O) groups is 2. The van der Waals surface area contributed by atoms with Gasteiger partial charge in [0.1, 0.15) is 43.2 Å². The van der Waals surface area contributed by atoms with Gasteiger partial charge in [-0.2, -0.15) is 0 Å². The predicted molar refractivity (Wildman–Crippen MR) is 160 cm³/mol. The van der Waals surface area contributed by atoms with Crippen LogP contribution >= 0.6 is 23.2 Å². The van der Waals surface area contributed by atoms with Crippen molar-refractivity contribution in [3.05, 3.63) is 65.5 Å². The summed E-state index contributed by atoms with van der Waals surface area (Å²) in [6.45, 7) is 2.48. The van der Waals surface area contributed by atoms with Gasteiger partial charge in [0.15, 0.2) is 0 Å². The van der Waals surface area contributed by atoms with E-state index in [0.717, 1.165) is 11.3 Å². The van der Waals surface area contributed by atoms with Gasteiger partial charge in [-0.05, 0) is 58.7 Å². The highest BCUT2D eigenvalue weighted by Crippen LogP contribution is 2.29. The average molecular weight is 546 g/mol. The molecule has 0 saturated carbocycles. The van der Waals surface area contributed by atoms with Crippen LogP contribution in [-0.2, 0) is 27.2 Å². The SMILES string of the molecule is BC(B)(Cl)C(B)(B)N(CCCl)c1ccc(CC(N)C(=O)NC(Cc2ccc(F)cc2)C(=O)OCC)cc1. The molecule has 0 bridgehead atoms. The molecule has 37 heavy (non-hydrogen) atoms. The minimum absolute atomic E-state index is 0.162. The van der Waals surface area contributed by atoms with Gasteiger partial charge in [0.05, 0.1) is 12.6 Å². The maximum absolute atomic E-state index is 13.3. The summed E-state index contributed by atoms with van der Waals surface area (Å²) in [4.78, 5) is 27.5. The second kappa shape index (κ2) is 13.6. The summed E-state index contributed by atoms with van der Waals surface area (Å²) in [5, 5.41) is 2.32. The quantitative estimate of drug-likeness (QED) is 0.194. The van der Waals surface area contributed by atoms with Gasteiger partial charge < -0.3 is 20.7 Å². The molecular formula is C24H34B4Cl2FN3O3. The summed E-state index contributed by atoms with van der Waals surface area (Å²) in [5.41, 5.74) is 8.71. The third-order valence-corrected chi connectivity index (χ3v) is 7.35. The van der Waals surface area contributed by atoms with Crippen molar-refractivity contribution in [1.82, 2.24) is 5.32 Å². The Hall–Kier alpha value is -2.09. The van der Waals surface area contributed by atoms with Crippen LogP contribution in [0.1, 0.15) is 18.1 Å². The first kappa shape index (κ1) is 31.1. The second-order valence-corrected chi connectivity index (χ2v) is 11.3. The number of nitrogens with two attached hydrogens (primary N) is 1. The van der Waals surface area contributed by atoms with Crippen LogP contribution in [0.3, 0.4) is 0 Å². The van der Waals surface area contributed by atoms with E-state index < -0.39 is 28.6 Å². The molecule has 2 aromatic carbocycles. The monoisotopic (exact) mass is 545 g/mol. The zero-order chi connectivity index (χ0) is 27.8. The summed E-state index contributed by atoms with van der Waals surface area (Å²) in [6.07, 6.45) is 0.438. The number of esters is 1. The fourth-order valence-electron chi connectivity index (χ4n) is 3.87. The maximum Gasteiger partial charge on any atom is 0.328 e. The van der Waals surface area contributed by atoms with Crippen LogP contribution < -0.4 is 16.0 Å². The van der Waals surface area contributed by atoms with Crippen LogP contribution in [-0.4, -0.2) is 84.4 Å². The van der Waals surface area contributed by atoms with E-state index in [-0.39, 0.29) is 30.6 Å². The molecule has 0 radical (unpaired) electrons. The Balaban J connectivity index is 2.11. The molecule has 0 aliphatic carbocycles. The lowest BCUT2D eigenvalue weighted by Gasteiger charge is -2.48. The molecule has 0 aliphatic heterocycles. The van der Waals surface area contributed by atoms with Crippen molar-refractivity contribution in [3.8, 4) is 0 Å². The average Bonchev–Trinajstić information content (AvgIpc) is 2.83. The van der Waals surface area contributed by atoms with Crippen LogP contribution in [0.2, 0.25) is 0 Å². The molecule has 196 valence electrons. The van der Waals surface area contributed by atoms with Crippen molar-refractivity contribution in [2.45, 2.75) is 41.9 Å². The van der Waals surface area contributed by atoms with Gasteiger partial charge in [0.25, 0.3) is 0 Å². The van der Waals surface area contributed by atoms with E-state index in [1.807, 2.05) is 40.0 Å². The van der Waals surface area contributed by atoms with Gasteiger partial charge in [0, 0.05) is 24.5 Å². The number of hydrogen-bond donors (Lipinski definition) is 2. The smallest absolute Gasteiger partial charge is 0.328 e. The molecule has 2 unspecified atom stereocenters. The van der Waals surface area contributed by atoms with Crippen molar-refractivity contribution in [2.75, 3.05) is 23.9 Å². The Morgan fingerprint density at radius 2 is 1.59 bits per heavy atom. The molecule has 0 saturated heterocycles. The fraction of sp³-hybridized carbons (Fsp3) is 0.417. The fourth-order valence-corrected chi connectivity index (χ4v) is 4.14. The van der Waals surface area contributed by atoms with Crippen LogP contribution in [0.15, 0.2) is 48.5 Å². The third-order valence-electron chi connectivity index (χ3n) is 6.72. The highest BCUT2D eigenvalue weighted by atomic mass is 35.5. The van der Waals surface area contributed by atoms with Crippen LogP contribution in [0.4, 0.5) is 10.1 Å². The number of carbonyl (C=O) groups excluding carboxylic acids is 2. The Morgan fingerprint density at radius 1 is 1.05 bits per heavy atom. The number of anilines is 1. The number of alkyl halides is 2. The number of hydrogen-bond acceptors (Lipinski definition) is 5. The number of amides is 1. The van der Waals surface area contributed by atoms with Gasteiger partial charge in [-0.3, -0.25) is 4.79 Å². The zero-order valence-electron chi connectivity index (χ0n) is 22.2. The summed E-state index contributed by atoms with van der Waals surface area (Å²) in [6, 6.07) is 11.7. The first-order chi connectivity index (χ1) is 17.3. The molecule has 13 heteroatoms. The van der Waals surface area contributed by atoms with Gasteiger partial charge in [-0.15, -0.1) is 23.2 Å². The summed E-state index contributed by atoms with van der Waals surface area (Å²) >= 11 is 12.8. The zero-order valence-corrected chi connectivity index (χ0v) is 23.7. The Labute approximate surface area is 232 Å². The Morgan fingerprint density at radius 3 is 2.11 bits per heavy atom. The van der Waals surface area contributed by atoms with E-state index >= 15 is 0 Å². The molecule has 0 aromatic heterocycles. The third kappa shape index (κ3) is 8.72. The summed E-state index contributed by atoms with van der Waals surface area (Å²) < 4.78 is 17.9. The largest absolute Gasteiger partial charge is 0.464 e. The topological polar surface area (TPSA) is 84.7 Å². The minimum atomic E-state index is -0.934. The normalized spacial score (nSPS) is 13.4. The van der Waals surface area contributed by atoms with Crippen LogP contribution in [0.25, 0.3) is 0 Å². The molecule has 0 fully saturated rings. The van der Waals surface area contributed by atoms with Gasteiger partial charge in [0.2, 0.25) is 5.91 Å². The number of nitrogens with one attached hydrogen (secondary N) is 1. The molecule has 2 rings (SSSR count). The number of benzene rings is 2. The molecule has 2 atom stereocenters. The van der Waals surface area contributed by atoms with Crippen molar-refractivity contribution in [2.24, 2.45) is 5.73 Å². The van der Waals surface area contributed by atoms with Crippen LogP contribution in [0.5, 0.6) is 0 Å². The lowest BCUT2D eigenvalue weighted by atomic mass is 9.42. The van der Waals surface area contributed by atoms with E-state index in [1.54, 1.807) is 19.1 Å². The molecular weight excluding hydrogens is 511 g/mol. The van der Waals surface area contributed by atoms with Crippen LogP contribution in [0, 0.1) is 5.82 Å². The number of rotatable bonds is 13. The summed E-state index contributed by atoms with van der Waals surface area (Å²) in [5.74, 6) is -0.976. The summed E-state index contributed by atoms with van der Waals surface area (Å²) in [7, 11) is 8.10. The number of ether oxygens (including phenoxy) is 1. The molecule has 3 N–H and O–H groups in total. The molecule has 6 nitrogen and oxygen atoms in total. The van der Waals surface area contributed by atoms with Crippen molar-refractivity contribution in [3.63, 3.8) is 0 Å². The van der Waals surface area contributed by atoms with Crippen molar-refractivity contribution in [1.29, 1.82) is 0 Å². The highest BCUT2D eigenvalue weighted by molar-refractivity contribution is 6.70. The standard InChI is InChI=1S/C24H34B4Cl2FN3O3/c1-2-37-22(36)20(14-16-3-7-17(31)8-4-16)33-21(35)19(32)13-15-5-9-18(10-6-15)34(12-11-29)24(27,28)23(25,26)30/h3-10,19-20H,2,11-14,25-28,32H2,1H3,(H,33,35). The minimum Gasteiger partial charge on any atom is -0.464 e.